The number of carbonyl (C=O) groups excluding carboxylic acids is 1. The van der Waals surface area contributed by atoms with E-state index in [0.717, 1.165) is 32.3 Å². The Hall–Kier alpha value is -1.34. The van der Waals surface area contributed by atoms with Crippen molar-refractivity contribution in [3.8, 4) is 0 Å². The van der Waals surface area contributed by atoms with E-state index in [1.807, 2.05) is 0 Å². The summed E-state index contributed by atoms with van der Waals surface area (Å²) in [7, 11) is 0. The molecule has 2 amide bonds. The molecule has 2 aliphatic rings. The smallest absolute Gasteiger partial charge is 0.332 e. The number of amides is 2. The molecule has 20 heavy (non-hydrogen) atoms. The summed E-state index contributed by atoms with van der Waals surface area (Å²) in [6.45, 7) is 1.63. The predicted octanol–water partition coefficient (Wildman–Crippen LogP) is 0.488. The van der Waals surface area contributed by atoms with Gasteiger partial charge in [0.15, 0.2) is 5.54 Å². The molecule has 7 nitrogen and oxygen atoms in total. The molecule has 2 saturated heterocycles. The fourth-order valence-corrected chi connectivity index (χ4v) is 2.53. The topological polar surface area (TPSA) is 96.9 Å². The van der Waals surface area contributed by atoms with Crippen LogP contribution in [0.25, 0.3) is 0 Å². The Morgan fingerprint density at radius 3 is 2.75 bits per heavy atom. The van der Waals surface area contributed by atoms with Gasteiger partial charge < -0.3 is 25.2 Å². The molecule has 0 aromatic rings. The van der Waals surface area contributed by atoms with E-state index in [9.17, 15) is 14.7 Å². The molecule has 2 unspecified atom stereocenters. The second kappa shape index (κ2) is 6.90. The Labute approximate surface area is 118 Å². The molecule has 2 heterocycles. The second-order valence-corrected chi connectivity index (χ2v) is 5.35. The molecule has 114 valence electrons. The molecule has 2 fully saturated rings. The van der Waals surface area contributed by atoms with Crippen LogP contribution in [-0.4, -0.2) is 55.1 Å². The van der Waals surface area contributed by atoms with Crippen molar-refractivity contribution in [3.63, 3.8) is 0 Å². The first-order chi connectivity index (χ1) is 9.62. The Morgan fingerprint density at radius 2 is 2.15 bits per heavy atom. The van der Waals surface area contributed by atoms with Crippen LogP contribution in [0.15, 0.2) is 0 Å². The molecular formula is C13H22N2O5. The van der Waals surface area contributed by atoms with Gasteiger partial charge in [0.25, 0.3) is 0 Å². The first-order valence-corrected chi connectivity index (χ1v) is 7.11. The molecule has 0 radical (unpaired) electrons. The summed E-state index contributed by atoms with van der Waals surface area (Å²) >= 11 is 0. The fourth-order valence-electron chi connectivity index (χ4n) is 2.53. The maximum absolute atomic E-state index is 11.8. The summed E-state index contributed by atoms with van der Waals surface area (Å²) in [5.41, 5.74) is -1.29. The van der Waals surface area contributed by atoms with Crippen molar-refractivity contribution in [1.82, 2.24) is 10.6 Å². The van der Waals surface area contributed by atoms with Gasteiger partial charge in [-0.15, -0.1) is 0 Å². The maximum Gasteiger partial charge on any atom is 0.332 e. The molecule has 3 N–H and O–H groups in total. The third-order valence-electron chi connectivity index (χ3n) is 3.81. The minimum absolute atomic E-state index is 0.0154. The quantitative estimate of drug-likeness (QED) is 0.683. The van der Waals surface area contributed by atoms with Crippen molar-refractivity contribution in [2.24, 2.45) is 0 Å². The van der Waals surface area contributed by atoms with E-state index in [4.69, 9.17) is 9.47 Å². The van der Waals surface area contributed by atoms with Gasteiger partial charge in [-0.05, 0) is 25.7 Å². The average molecular weight is 286 g/mol. The Balaban J connectivity index is 1.70. The summed E-state index contributed by atoms with van der Waals surface area (Å²) in [6, 6.07) is -0.464. The van der Waals surface area contributed by atoms with Crippen LogP contribution in [0.5, 0.6) is 0 Å². The number of carboxylic acids is 1. The number of hydrogen-bond donors (Lipinski definition) is 3. The number of ether oxygens (including phenoxy) is 2. The summed E-state index contributed by atoms with van der Waals surface area (Å²) in [5, 5.41) is 14.4. The van der Waals surface area contributed by atoms with E-state index in [0.29, 0.717) is 19.6 Å². The van der Waals surface area contributed by atoms with Gasteiger partial charge in [0.05, 0.1) is 12.7 Å². The standard InChI is InChI=1S/C13H22N2O5/c16-11(17)13(5-8-19-9-13)15-12(18)14-6-4-10-3-1-2-7-20-10/h10H,1-9H2,(H,16,17)(H2,14,15,18). The molecule has 7 heteroatoms. The van der Waals surface area contributed by atoms with Gasteiger partial charge in [-0.3, -0.25) is 0 Å². The number of rotatable bonds is 5. The molecule has 0 spiro atoms. The third-order valence-corrected chi connectivity index (χ3v) is 3.81. The molecule has 0 saturated carbocycles. The minimum Gasteiger partial charge on any atom is -0.479 e. The predicted molar refractivity (Wildman–Crippen MR) is 70.5 cm³/mol. The number of carboxylic acid groups (broad SMARTS) is 1. The van der Waals surface area contributed by atoms with Gasteiger partial charge in [0.2, 0.25) is 0 Å². The number of hydrogen-bond acceptors (Lipinski definition) is 4. The summed E-state index contributed by atoms with van der Waals surface area (Å²) in [6.07, 6.45) is 4.54. The van der Waals surface area contributed by atoms with E-state index in [-0.39, 0.29) is 12.7 Å². The molecule has 0 aromatic carbocycles. The number of carbonyl (C=O) groups is 2. The van der Waals surface area contributed by atoms with Gasteiger partial charge in [0, 0.05) is 26.2 Å². The van der Waals surface area contributed by atoms with Crippen molar-refractivity contribution >= 4 is 12.0 Å². The van der Waals surface area contributed by atoms with Crippen LogP contribution in [0.1, 0.15) is 32.1 Å². The molecule has 0 bridgehead atoms. The highest BCUT2D eigenvalue weighted by Crippen LogP contribution is 2.19. The summed E-state index contributed by atoms with van der Waals surface area (Å²) < 4.78 is 10.6. The van der Waals surface area contributed by atoms with Crippen LogP contribution in [0, 0.1) is 0 Å². The average Bonchev–Trinajstić information content (AvgIpc) is 2.90. The van der Waals surface area contributed by atoms with Gasteiger partial charge in [0.1, 0.15) is 0 Å². The number of urea groups is 1. The normalized spacial score (nSPS) is 29.9. The van der Waals surface area contributed by atoms with E-state index in [2.05, 4.69) is 10.6 Å². The SMILES string of the molecule is O=C(NCCC1CCCCO1)NC1(C(=O)O)CCOC1. The second-order valence-electron chi connectivity index (χ2n) is 5.35. The van der Waals surface area contributed by atoms with Crippen molar-refractivity contribution in [2.75, 3.05) is 26.4 Å². The number of nitrogens with one attached hydrogen (secondary N) is 2. The van der Waals surface area contributed by atoms with Gasteiger partial charge in [-0.25, -0.2) is 9.59 Å². The van der Waals surface area contributed by atoms with E-state index in [1.54, 1.807) is 0 Å². The zero-order valence-electron chi connectivity index (χ0n) is 11.5. The van der Waals surface area contributed by atoms with E-state index < -0.39 is 17.5 Å². The molecule has 0 aromatic heterocycles. The largest absolute Gasteiger partial charge is 0.479 e. The van der Waals surface area contributed by atoms with Gasteiger partial charge in [-0.2, -0.15) is 0 Å². The zero-order valence-corrected chi connectivity index (χ0v) is 11.5. The Morgan fingerprint density at radius 1 is 1.30 bits per heavy atom. The van der Waals surface area contributed by atoms with Crippen LogP contribution in [0.4, 0.5) is 4.79 Å². The monoisotopic (exact) mass is 286 g/mol. The van der Waals surface area contributed by atoms with Crippen molar-refractivity contribution in [2.45, 2.75) is 43.7 Å². The lowest BCUT2D eigenvalue weighted by Gasteiger charge is -2.25. The van der Waals surface area contributed by atoms with Crippen LogP contribution in [0.3, 0.4) is 0 Å². The molecular weight excluding hydrogens is 264 g/mol. The fraction of sp³-hybridized carbons (Fsp3) is 0.846. The van der Waals surface area contributed by atoms with Crippen LogP contribution in [-0.2, 0) is 14.3 Å². The van der Waals surface area contributed by atoms with Crippen LogP contribution < -0.4 is 10.6 Å². The minimum atomic E-state index is -1.29. The summed E-state index contributed by atoms with van der Waals surface area (Å²) in [4.78, 5) is 23.0. The molecule has 2 atom stereocenters. The first kappa shape index (κ1) is 15.1. The van der Waals surface area contributed by atoms with Crippen LogP contribution >= 0.6 is 0 Å². The van der Waals surface area contributed by atoms with Crippen LogP contribution in [0.2, 0.25) is 0 Å². The van der Waals surface area contributed by atoms with E-state index in [1.165, 1.54) is 0 Å². The number of aliphatic carboxylic acids is 1. The Bertz CT molecular complexity index is 349. The highest BCUT2D eigenvalue weighted by atomic mass is 16.5. The lowest BCUT2D eigenvalue weighted by Crippen LogP contribution is -2.57. The highest BCUT2D eigenvalue weighted by Gasteiger charge is 2.43. The molecule has 2 aliphatic heterocycles. The third kappa shape index (κ3) is 3.83. The lowest BCUT2D eigenvalue weighted by atomic mass is 9.99. The van der Waals surface area contributed by atoms with Gasteiger partial charge in [-0.1, -0.05) is 0 Å². The molecule has 0 aliphatic carbocycles. The highest BCUT2D eigenvalue weighted by molar-refractivity contribution is 5.86. The maximum atomic E-state index is 11.8. The lowest BCUT2D eigenvalue weighted by molar-refractivity contribution is -0.144. The van der Waals surface area contributed by atoms with Crippen molar-refractivity contribution in [1.29, 1.82) is 0 Å². The molecule has 2 rings (SSSR count). The van der Waals surface area contributed by atoms with E-state index >= 15 is 0 Å². The first-order valence-electron chi connectivity index (χ1n) is 7.11. The zero-order chi connectivity index (χ0) is 14.4. The van der Waals surface area contributed by atoms with Gasteiger partial charge >= 0.3 is 12.0 Å². The Kier molecular flexibility index (Phi) is 5.19. The summed E-state index contributed by atoms with van der Waals surface area (Å²) in [5.74, 6) is -1.05. The van der Waals surface area contributed by atoms with Crippen molar-refractivity contribution < 1.29 is 24.2 Å². The van der Waals surface area contributed by atoms with Crippen molar-refractivity contribution in [3.05, 3.63) is 0 Å².